The first-order valence-electron chi connectivity index (χ1n) is 5.37. The highest BCUT2D eigenvalue weighted by molar-refractivity contribution is 9.10. The van der Waals surface area contributed by atoms with Gasteiger partial charge in [-0.05, 0) is 30.3 Å². The number of para-hydroxylation sites is 1. The zero-order valence-electron chi connectivity index (χ0n) is 9.40. The molecule has 1 unspecified atom stereocenters. The van der Waals surface area contributed by atoms with Crippen LogP contribution in [0.5, 0.6) is 0 Å². The molecule has 0 radical (unpaired) electrons. The molecular weight excluding hydrogens is 312 g/mol. The predicted octanol–water partition coefficient (Wildman–Crippen LogP) is 4.78. The van der Waals surface area contributed by atoms with Crippen LogP contribution in [-0.4, -0.2) is 0 Å². The molecule has 0 aromatic heterocycles. The second-order valence-electron chi connectivity index (χ2n) is 3.74. The van der Waals surface area contributed by atoms with Gasteiger partial charge in [-0.2, -0.15) is 5.26 Å². The van der Waals surface area contributed by atoms with Gasteiger partial charge in [0.1, 0.15) is 6.04 Å². The van der Waals surface area contributed by atoms with Gasteiger partial charge in [0.15, 0.2) is 0 Å². The van der Waals surface area contributed by atoms with Gasteiger partial charge in [-0.1, -0.05) is 45.7 Å². The lowest BCUT2D eigenvalue weighted by Crippen LogP contribution is -2.09. The summed E-state index contributed by atoms with van der Waals surface area (Å²) < 4.78 is 0.900. The Labute approximate surface area is 119 Å². The molecule has 18 heavy (non-hydrogen) atoms. The Bertz CT molecular complexity index is 578. The van der Waals surface area contributed by atoms with E-state index in [9.17, 15) is 5.26 Å². The van der Waals surface area contributed by atoms with Gasteiger partial charge in [-0.15, -0.1) is 0 Å². The van der Waals surface area contributed by atoms with Crippen molar-refractivity contribution in [2.75, 3.05) is 5.32 Å². The quantitative estimate of drug-likeness (QED) is 0.883. The van der Waals surface area contributed by atoms with Crippen molar-refractivity contribution in [3.63, 3.8) is 0 Å². The molecule has 0 saturated carbocycles. The van der Waals surface area contributed by atoms with Gasteiger partial charge in [0.25, 0.3) is 0 Å². The number of benzene rings is 2. The standard InChI is InChI=1S/C14H10BrClN2/c15-10-6-7-13(16)12(8-10)14(9-17)18-11-4-2-1-3-5-11/h1-8,14,18H. The van der Waals surface area contributed by atoms with Crippen LogP contribution in [0.1, 0.15) is 11.6 Å². The summed E-state index contributed by atoms with van der Waals surface area (Å²) >= 11 is 9.51. The normalized spacial score (nSPS) is 11.6. The Kier molecular flexibility index (Phi) is 4.24. The number of nitrogens with one attached hydrogen (secondary N) is 1. The van der Waals surface area contributed by atoms with E-state index in [1.807, 2.05) is 42.5 Å². The third-order valence-electron chi connectivity index (χ3n) is 2.48. The summed E-state index contributed by atoms with van der Waals surface area (Å²) in [5, 5.41) is 13.0. The van der Waals surface area contributed by atoms with Gasteiger partial charge in [0, 0.05) is 20.7 Å². The van der Waals surface area contributed by atoms with Crippen molar-refractivity contribution in [3.05, 3.63) is 63.6 Å². The van der Waals surface area contributed by atoms with Crippen LogP contribution in [0.3, 0.4) is 0 Å². The molecule has 0 aliphatic rings. The largest absolute Gasteiger partial charge is 0.366 e. The van der Waals surface area contributed by atoms with Crippen LogP contribution in [-0.2, 0) is 0 Å². The first kappa shape index (κ1) is 12.9. The number of halogens is 2. The molecule has 0 amide bonds. The lowest BCUT2D eigenvalue weighted by atomic mass is 10.1. The second-order valence-corrected chi connectivity index (χ2v) is 5.06. The average molecular weight is 322 g/mol. The molecule has 0 saturated heterocycles. The minimum absolute atomic E-state index is 0.475. The Morgan fingerprint density at radius 2 is 1.89 bits per heavy atom. The summed E-state index contributed by atoms with van der Waals surface area (Å²) in [5.74, 6) is 0. The summed E-state index contributed by atoms with van der Waals surface area (Å²) in [7, 11) is 0. The van der Waals surface area contributed by atoms with Crippen molar-refractivity contribution in [2.24, 2.45) is 0 Å². The molecule has 2 rings (SSSR count). The van der Waals surface area contributed by atoms with E-state index in [2.05, 4.69) is 27.3 Å². The summed E-state index contributed by atoms with van der Waals surface area (Å²) in [6, 6.07) is 16.8. The van der Waals surface area contributed by atoms with E-state index in [0.717, 1.165) is 15.7 Å². The third kappa shape index (κ3) is 3.04. The number of anilines is 1. The van der Waals surface area contributed by atoms with Gasteiger partial charge in [-0.3, -0.25) is 0 Å². The van der Waals surface area contributed by atoms with Gasteiger partial charge < -0.3 is 5.32 Å². The first-order chi connectivity index (χ1) is 8.70. The van der Waals surface area contributed by atoms with Crippen LogP contribution >= 0.6 is 27.5 Å². The number of nitrogens with zero attached hydrogens (tertiary/aromatic N) is 1. The van der Waals surface area contributed by atoms with Crippen LogP contribution < -0.4 is 5.32 Å². The fourth-order valence-electron chi connectivity index (χ4n) is 1.62. The van der Waals surface area contributed by atoms with Crippen LogP contribution in [0.4, 0.5) is 5.69 Å². The van der Waals surface area contributed by atoms with Crippen molar-refractivity contribution in [3.8, 4) is 6.07 Å². The Morgan fingerprint density at radius 1 is 1.17 bits per heavy atom. The van der Waals surface area contributed by atoms with Crippen LogP contribution in [0, 0.1) is 11.3 Å². The molecule has 0 spiro atoms. The van der Waals surface area contributed by atoms with E-state index in [1.165, 1.54) is 0 Å². The Hall–Kier alpha value is -1.50. The van der Waals surface area contributed by atoms with E-state index < -0.39 is 6.04 Å². The zero-order chi connectivity index (χ0) is 13.0. The maximum Gasteiger partial charge on any atom is 0.141 e. The zero-order valence-corrected chi connectivity index (χ0v) is 11.7. The smallest absolute Gasteiger partial charge is 0.141 e. The van der Waals surface area contributed by atoms with Gasteiger partial charge >= 0.3 is 0 Å². The van der Waals surface area contributed by atoms with Gasteiger partial charge in [-0.25, -0.2) is 0 Å². The molecular formula is C14H10BrClN2. The van der Waals surface area contributed by atoms with E-state index in [4.69, 9.17) is 11.6 Å². The highest BCUT2D eigenvalue weighted by atomic mass is 79.9. The molecule has 2 nitrogen and oxygen atoms in total. The molecule has 0 heterocycles. The summed E-state index contributed by atoms with van der Waals surface area (Å²) in [5.41, 5.74) is 1.65. The number of rotatable bonds is 3. The third-order valence-corrected chi connectivity index (χ3v) is 3.32. The fraction of sp³-hybridized carbons (Fsp3) is 0.0714. The van der Waals surface area contributed by atoms with Crippen molar-refractivity contribution in [2.45, 2.75) is 6.04 Å². The fourth-order valence-corrected chi connectivity index (χ4v) is 2.22. The van der Waals surface area contributed by atoms with Crippen molar-refractivity contribution >= 4 is 33.2 Å². The highest BCUT2D eigenvalue weighted by Crippen LogP contribution is 2.28. The lowest BCUT2D eigenvalue weighted by Gasteiger charge is -2.15. The molecule has 0 bridgehead atoms. The number of nitriles is 1. The molecule has 0 aliphatic carbocycles. The van der Waals surface area contributed by atoms with Crippen LogP contribution in [0.25, 0.3) is 0 Å². The van der Waals surface area contributed by atoms with E-state index in [-0.39, 0.29) is 0 Å². The SMILES string of the molecule is N#CC(Nc1ccccc1)c1cc(Br)ccc1Cl. The van der Waals surface area contributed by atoms with Crippen LogP contribution in [0.15, 0.2) is 53.0 Å². The Balaban J connectivity index is 2.29. The van der Waals surface area contributed by atoms with Crippen molar-refractivity contribution in [1.82, 2.24) is 0 Å². The summed E-state index contributed by atoms with van der Waals surface area (Å²) in [4.78, 5) is 0. The maximum atomic E-state index is 9.27. The molecule has 90 valence electrons. The highest BCUT2D eigenvalue weighted by Gasteiger charge is 2.14. The molecule has 1 N–H and O–H groups in total. The molecule has 0 fully saturated rings. The first-order valence-corrected chi connectivity index (χ1v) is 6.54. The van der Waals surface area contributed by atoms with Gasteiger partial charge in [0.2, 0.25) is 0 Å². The molecule has 4 heteroatoms. The Morgan fingerprint density at radius 3 is 2.56 bits per heavy atom. The molecule has 1 atom stereocenters. The van der Waals surface area contributed by atoms with Gasteiger partial charge in [0.05, 0.1) is 6.07 Å². The van der Waals surface area contributed by atoms with Crippen molar-refractivity contribution < 1.29 is 0 Å². The topological polar surface area (TPSA) is 35.8 Å². The van der Waals surface area contributed by atoms with Crippen molar-refractivity contribution in [1.29, 1.82) is 5.26 Å². The predicted molar refractivity (Wildman–Crippen MR) is 77.6 cm³/mol. The van der Waals surface area contributed by atoms with Crippen LogP contribution in [0.2, 0.25) is 5.02 Å². The van der Waals surface area contributed by atoms with E-state index in [1.54, 1.807) is 6.07 Å². The minimum Gasteiger partial charge on any atom is -0.366 e. The maximum absolute atomic E-state index is 9.27. The lowest BCUT2D eigenvalue weighted by molar-refractivity contribution is 0.996. The minimum atomic E-state index is -0.475. The second kappa shape index (κ2) is 5.90. The van der Waals surface area contributed by atoms with E-state index >= 15 is 0 Å². The molecule has 0 aliphatic heterocycles. The summed E-state index contributed by atoms with van der Waals surface area (Å²) in [6.07, 6.45) is 0. The molecule has 2 aromatic carbocycles. The average Bonchev–Trinajstić information content (AvgIpc) is 2.40. The van der Waals surface area contributed by atoms with E-state index in [0.29, 0.717) is 5.02 Å². The number of hydrogen-bond acceptors (Lipinski definition) is 2. The summed E-state index contributed by atoms with van der Waals surface area (Å²) in [6.45, 7) is 0. The monoisotopic (exact) mass is 320 g/mol. The number of hydrogen-bond donors (Lipinski definition) is 1. The molecule has 2 aromatic rings.